The lowest BCUT2D eigenvalue weighted by Gasteiger charge is -2.40. The number of benzene rings is 1. The van der Waals surface area contributed by atoms with Gasteiger partial charge >= 0.3 is 0 Å². The van der Waals surface area contributed by atoms with Gasteiger partial charge in [-0.3, -0.25) is 0 Å². The van der Waals surface area contributed by atoms with E-state index in [9.17, 15) is 10.2 Å². The Hall–Kier alpha value is -1.49. The molecule has 1 aliphatic rings. The minimum atomic E-state index is -0.0933. The van der Waals surface area contributed by atoms with Crippen LogP contribution in [0.4, 0.5) is 0 Å². The van der Waals surface area contributed by atoms with Crippen LogP contribution in [0.2, 0.25) is 0 Å². The van der Waals surface area contributed by atoms with Crippen LogP contribution in [-0.4, -0.2) is 26.8 Å². The van der Waals surface area contributed by atoms with Crippen LogP contribution in [0.25, 0.3) is 0 Å². The average Bonchev–Trinajstić information content (AvgIpc) is 2.28. The second-order valence-electron chi connectivity index (χ2n) is 5.01. The standard InChI is InChI=1S/C13H18N2O2S/c1-7(2)12-9-6-11(17)10(16)5-8(9)3-4-15(12)13(14)18/h5-7,12,16-17H,3-4H2,1-2H3,(H2,14,18). The second-order valence-corrected chi connectivity index (χ2v) is 5.43. The molecule has 1 aromatic rings. The van der Waals surface area contributed by atoms with Gasteiger partial charge in [-0.2, -0.15) is 0 Å². The van der Waals surface area contributed by atoms with E-state index >= 15 is 0 Å². The van der Waals surface area contributed by atoms with Crippen LogP contribution >= 0.6 is 12.2 Å². The zero-order valence-electron chi connectivity index (χ0n) is 10.6. The van der Waals surface area contributed by atoms with Gasteiger partial charge in [0, 0.05) is 6.54 Å². The lowest BCUT2D eigenvalue weighted by molar-refractivity contribution is 0.237. The molecule has 1 atom stereocenters. The van der Waals surface area contributed by atoms with Crippen LogP contribution in [0.3, 0.4) is 0 Å². The fraction of sp³-hybridized carbons (Fsp3) is 0.462. The highest BCUT2D eigenvalue weighted by Gasteiger charge is 2.31. The Labute approximate surface area is 112 Å². The summed E-state index contributed by atoms with van der Waals surface area (Å²) in [6, 6.07) is 3.31. The normalized spacial score (nSPS) is 18.8. The fourth-order valence-electron chi connectivity index (χ4n) is 2.64. The van der Waals surface area contributed by atoms with Crippen molar-refractivity contribution in [2.24, 2.45) is 11.7 Å². The number of hydrogen-bond acceptors (Lipinski definition) is 3. The molecule has 4 N–H and O–H groups in total. The minimum Gasteiger partial charge on any atom is -0.504 e. The van der Waals surface area contributed by atoms with E-state index in [0.717, 1.165) is 24.1 Å². The molecule has 0 saturated heterocycles. The van der Waals surface area contributed by atoms with Crippen LogP contribution in [0.5, 0.6) is 11.5 Å². The van der Waals surface area contributed by atoms with Crippen molar-refractivity contribution in [2.45, 2.75) is 26.3 Å². The third-order valence-corrected chi connectivity index (χ3v) is 3.66. The number of nitrogens with two attached hydrogens (primary N) is 1. The molecule has 18 heavy (non-hydrogen) atoms. The van der Waals surface area contributed by atoms with Gasteiger partial charge in [-0.1, -0.05) is 13.8 Å². The third kappa shape index (κ3) is 2.10. The molecule has 0 fully saturated rings. The topological polar surface area (TPSA) is 69.7 Å². The van der Waals surface area contributed by atoms with Gasteiger partial charge < -0.3 is 20.8 Å². The predicted molar refractivity (Wildman–Crippen MR) is 74.5 cm³/mol. The van der Waals surface area contributed by atoms with E-state index < -0.39 is 0 Å². The van der Waals surface area contributed by atoms with Crippen LogP contribution in [0, 0.1) is 5.92 Å². The van der Waals surface area contributed by atoms with Crippen LogP contribution in [0.1, 0.15) is 31.0 Å². The number of phenols is 2. The highest BCUT2D eigenvalue weighted by atomic mass is 32.1. The molecule has 4 nitrogen and oxygen atoms in total. The lowest BCUT2D eigenvalue weighted by Crippen LogP contribution is -2.44. The maximum absolute atomic E-state index is 9.67. The van der Waals surface area contributed by atoms with E-state index in [2.05, 4.69) is 13.8 Å². The number of phenolic OH excluding ortho intramolecular Hbond substituents is 2. The Morgan fingerprint density at radius 3 is 2.56 bits per heavy atom. The van der Waals surface area contributed by atoms with Gasteiger partial charge in [0.15, 0.2) is 16.6 Å². The number of nitrogens with zero attached hydrogens (tertiary/aromatic N) is 1. The molecule has 1 aliphatic heterocycles. The Kier molecular flexibility index (Phi) is 3.34. The number of hydrogen-bond donors (Lipinski definition) is 3. The Bertz CT molecular complexity index is 488. The first-order valence-electron chi connectivity index (χ1n) is 6.02. The monoisotopic (exact) mass is 266 g/mol. The second kappa shape index (κ2) is 4.65. The molecule has 5 heteroatoms. The fourth-order valence-corrected chi connectivity index (χ4v) is 2.85. The first-order valence-corrected chi connectivity index (χ1v) is 6.43. The largest absolute Gasteiger partial charge is 0.504 e. The molecule has 1 unspecified atom stereocenters. The minimum absolute atomic E-state index is 0.0535. The first-order chi connectivity index (χ1) is 8.41. The lowest BCUT2D eigenvalue weighted by atomic mass is 9.86. The van der Waals surface area contributed by atoms with E-state index in [1.54, 1.807) is 12.1 Å². The highest BCUT2D eigenvalue weighted by Crippen LogP contribution is 2.39. The van der Waals surface area contributed by atoms with Crippen LogP contribution in [0.15, 0.2) is 12.1 Å². The van der Waals surface area contributed by atoms with Gasteiger partial charge in [0.25, 0.3) is 0 Å². The van der Waals surface area contributed by atoms with E-state index in [4.69, 9.17) is 18.0 Å². The van der Waals surface area contributed by atoms with Crippen molar-refractivity contribution in [1.29, 1.82) is 0 Å². The van der Waals surface area contributed by atoms with Gasteiger partial charge in [0.1, 0.15) is 0 Å². The molecule has 1 heterocycles. The molecule has 0 spiro atoms. The summed E-state index contributed by atoms with van der Waals surface area (Å²) in [5.74, 6) is 0.152. The molecule has 0 radical (unpaired) electrons. The van der Waals surface area contributed by atoms with Gasteiger partial charge in [0.2, 0.25) is 0 Å². The summed E-state index contributed by atoms with van der Waals surface area (Å²) < 4.78 is 0. The molecule has 0 bridgehead atoms. The van der Waals surface area contributed by atoms with Crippen molar-refractivity contribution in [3.05, 3.63) is 23.3 Å². The summed E-state index contributed by atoms with van der Waals surface area (Å²) in [6.45, 7) is 4.93. The van der Waals surface area contributed by atoms with Crippen molar-refractivity contribution in [3.63, 3.8) is 0 Å². The number of fused-ring (bicyclic) bond motifs is 1. The summed E-state index contributed by atoms with van der Waals surface area (Å²) in [5, 5.41) is 19.6. The summed E-state index contributed by atoms with van der Waals surface area (Å²) in [4.78, 5) is 1.98. The van der Waals surface area contributed by atoms with Gasteiger partial charge in [-0.25, -0.2) is 0 Å². The van der Waals surface area contributed by atoms with E-state index in [1.807, 2.05) is 4.90 Å². The van der Waals surface area contributed by atoms with E-state index in [0.29, 0.717) is 11.0 Å². The maximum atomic E-state index is 9.67. The predicted octanol–water partition coefficient (Wildman–Crippen LogP) is 1.90. The average molecular weight is 266 g/mol. The molecular formula is C13H18N2O2S. The maximum Gasteiger partial charge on any atom is 0.166 e. The summed E-state index contributed by atoms with van der Waals surface area (Å²) in [7, 11) is 0. The number of aromatic hydroxyl groups is 2. The van der Waals surface area contributed by atoms with E-state index in [1.165, 1.54) is 0 Å². The SMILES string of the molecule is CC(C)C1c2cc(O)c(O)cc2CCN1C(N)=S. The Morgan fingerprint density at radius 2 is 2.00 bits per heavy atom. The van der Waals surface area contributed by atoms with Crippen LogP contribution < -0.4 is 5.73 Å². The number of rotatable bonds is 1. The van der Waals surface area contributed by atoms with Crippen molar-refractivity contribution < 1.29 is 10.2 Å². The first kappa shape index (κ1) is 13.0. The zero-order valence-corrected chi connectivity index (χ0v) is 11.4. The van der Waals surface area contributed by atoms with Crippen molar-refractivity contribution in [2.75, 3.05) is 6.54 Å². The molecule has 0 aliphatic carbocycles. The smallest absolute Gasteiger partial charge is 0.166 e. The Morgan fingerprint density at radius 1 is 1.39 bits per heavy atom. The van der Waals surface area contributed by atoms with Crippen molar-refractivity contribution in [3.8, 4) is 11.5 Å². The quantitative estimate of drug-likeness (QED) is 0.535. The third-order valence-electron chi connectivity index (χ3n) is 3.43. The van der Waals surface area contributed by atoms with Gasteiger partial charge in [0.05, 0.1) is 6.04 Å². The molecule has 98 valence electrons. The molecule has 0 amide bonds. The molecule has 0 aromatic heterocycles. The molecular weight excluding hydrogens is 248 g/mol. The summed E-state index contributed by atoms with van der Waals surface area (Å²) in [6.07, 6.45) is 0.768. The molecule has 2 rings (SSSR count). The van der Waals surface area contributed by atoms with Crippen LogP contribution in [-0.2, 0) is 6.42 Å². The van der Waals surface area contributed by atoms with Gasteiger partial charge in [-0.15, -0.1) is 0 Å². The van der Waals surface area contributed by atoms with Crippen molar-refractivity contribution >= 4 is 17.3 Å². The summed E-state index contributed by atoms with van der Waals surface area (Å²) in [5.41, 5.74) is 7.82. The molecule has 0 saturated carbocycles. The molecule has 1 aromatic carbocycles. The van der Waals surface area contributed by atoms with Gasteiger partial charge in [-0.05, 0) is 47.8 Å². The summed E-state index contributed by atoms with van der Waals surface area (Å²) >= 11 is 5.09. The Balaban J connectivity index is 2.52. The van der Waals surface area contributed by atoms with Crippen molar-refractivity contribution in [1.82, 2.24) is 4.90 Å². The van der Waals surface area contributed by atoms with E-state index in [-0.39, 0.29) is 17.5 Å². The number of thiocarbonyl (C=S) groups is 1. The highest BCUT2D eigenvalue weighted by molar-refractivity contribution is 7.80. The zero-order chi connectivity index (χ0) is 13.4.